The second-order valence-electron chi connectivity index (χ2n) is 7.42. The lowest BCUT2D eigenvalue weighted by molar-refractivity contribution is -0.132. The molecule has 0 N–H and O–H groups in total. The maximum absolute atomic E-state index is 12.6. The molecule has 164 valence electrons. The molecule has 2 aromatic heterocycles. The molecule has 3 rings (SSSR count). The third-order valence-electron chi connectivity index (χ3n) is 5.41. The van der Waals surface area contributed by atoms with Crippen LogP contribution in [0.1, 0.15) is 39.0 Å². The molecular weight excluding hydrogens is 402 g/mol. The van der Waals surface area contributed by atoms with Crippen LogP contribution in [0.15, 0.2) is 22.0 Å². The summed E-state index contributed by atoms with van der Waals surface area (Å²) in [4.78, 5) is 36.3. The van der Waals surface area contributed by atoms with Crippen molar-refractivity contribution in [3.8, 4) is 10.7 Å². The summed E-state index contributed by atoms with van der Waals surface area (Å²) in [5.74, 6) is 1.51. The van der Waals surface area contributed by atoms with E-state index in [1.807, 2.05) is 41.2 Å². The van der Waals surface area contributed by atoms with E-state index < -0.39 is 0 Å². The van der Waals surface area contributed by atoms with Crippen molar-refractivity contribution in [2.75, 3.05) is 45.8 Å². The van der Waals surface area contributed by atoms with Gasteiger partial charge in [0.05, 0.1) is 11.4 Å². The van der Waals surface area contributed by atoms with Crippen molar-refractivity contribution in [2.24, 2.45) is 0 Å². The maximum atomic E-state index is 12.6. The van der Waals surface area contributed by atoms with E-state index in [1.54, 1.807) is 11.3 Å². The smallest absolute Gasteiger partial charge is 0.236 e. The summed E-state index contributed by atoms with van der Waals surface area (Å²) in [7, 11) is 0. The Hall–Kier alpha value is -2.26. The van der Waals surface area contributed by atoms with Crippen LogP contribution in [0, 0.1) is 0 Å². The number of rotatable bonds is 9. The van der Waals surface area contributed by atoms with Gasteiger partial charge in [0.2, 0.25) is 23.5 Å². The van der Waals surface area contributed by atoms with E-state index in [4.69, 9.17) is 4.52 Å². The molecule has 0 radical (unpaired) electrons. The normalized spacial score (nSPS) is 15.2. The van der Waals surface area contributed by atoms with Gasteiger partial charge in [0, 0.05) is 52.1 Å². The lowest BCUT2D eigenvalue weighted by Crippen LogP contribution is -2.42. The summed E-state index contributed by atoms with van der Waals surface area (Å²) in [6, 6.07) is 3.91. The number of aryl methyl sites for hydroxylation is 1. The summed E-state index contributed by atoms with van der Waals surface area (Å²) < 4.78 is 5.30. The fourth-order valence-corrected chi connectivity index (χ4v) is 4.31. The maximum Gasteiger partial charge on any atom is 0.236 e. The Balaban J connectivity index is 1.40. The van der Waals surface area contributed by atoms with Gasteiger partial charge in [0.1, 0.15) is 0 Å². The van der Waals surface area contributed by atoms with Crippen molar-refractivity contribution in [3.05, 3.63) is 23.4 Å². The average molecular weight is 434 g/mol. The van der Waals surface area contributed by atoms with Crippen LogP contribution in [0.25, 0.3) is 10.7 Å². The van der Waals surface area contributed by atoms with E-state index in [2.05, 4.69) is 15.0 Å². The third kappa shape index (κ3) is 6.12. The van der Waals surface area contributed by atoms with Crippen LogP contribution >= 0.6 is 11.3 Å². The van der Waals surface area contributed by atoms with Gasteiger partial charge < -0.3 is 14.3 Å². The molecule has 1 saturated heterocycles. The van der Waals surface area contributed by atoms with Gasteiger partial charge in [-0.2, -0.15) is 4.98 Å². The van der Waals surface area contributed by atoms with Gasteiger partial charge in [0.25, 0.3) is 0 Å². The van der Waals surface area contributed by atoms with Gasteiger partial charge in [0.15, 0.2) is 0 Å². The molecular formula is C21H31N5O3S. The molecule has 0 aliphatic carbocycles. The van der Waals surface area contributed by atoms with Crippen molar-refractivity contribution >= 4 is 23.2 Å². The number of nitrogens with zero attached hydrogens (tertiary/aromatic N) is 5. The predicted molar refractivity (Wildman–Crippen MR) is 116 cm³/mol. The Kier molecular flexibility index (Phi) is 8.39. The number of amides is 2. The first-order chi connectivity index (χ1) is 14.6. The van der Waals surface area contributed by atoms with Crippen molar-refractivity contribution in [2.45, 2.75) is 39.5 Å². The molecule has 0 spiro atoms. The highest BCUT2D eigenvalue weighted by molar-refractivity contribution is 7.13. The molecule has 9 heteroatoms. The Labute approximate surface area is 181 Å². The molecule has 2 aromatic rings. The Bertz CT molecular complexity index is 803. The van der Waals surface area contributed by atoms with Gasteiger partial charge in [-0.25, -0.2) is 0 Å². The van der Waals surface area contributed by atoms with Gasteiger partial charge >= 0.3 is 0 Å². The van der Waals surface area contributed by atoms with Gasteiger partial charge in [-0.15, -0.1) is 11.3 Å². The first kappa shape index (κ1) is 22.4. The van der Waals surface area contributed by atoms with E-state index in [-0.39, 0.29) is 11.8 Å². The van der Waals surface area contributed by atoms with Crippen LogP contribution in [-0.4, -0.2) is 82.5 Å². The highest BCUT2D eigenvalue weighted by Gasteiger charge is 2.21. The number of hydrogen-bond acceptors (Lipinski definition) is 7. The van der Waals surface area contributed by atoms with E-state index >= 15 is 0 Å². The quantitative estimate of drug-likeness (QED) is 0.604. The van der Waals surface area contributed by atoms with Crippen molar-refractivity contribution in [1.29, 1.82) is 0 Å². The monoisotopic (exact) mass is 433 g/mol. The fourth-order valence-electron chi connectivity index (χ4n) is 3.66. The zero-order valence-electron chi connectivity index (χ0n) is 17.9. The first-order valence-electron chi connectivity index (χ1n) is 10.7. The van der Waals surface area contributed by atoms with E-state index in [9.17, 15) is 9.59 Å². The minimum absolute atomic E-state index is 0.157. The second kappa shape index (κ2) is 11.2. The zero-order chi connectivity index (χ0) is 21.3. The summed E-state index contributed by atoms with van der Waals surface area (Å²) >= 11 is 1.57. The molecule has 1 aliphatic heterocycles. The van der Waals surface area contributed by atoms with Gasteiger partial charge in [-0.3, -0.25) is 14.5 Å². The van der Waals surface area contributed by atoms with Crippen LogP contribution in [-0.2, 0) is 16.0 Å². The molecule has 0 atom stereocenters. The standard InChI is InChI=1S/C21H31N5O3S/c1-3-25(4-2)20(28)16-24-11-7-12-26(14-13-24)19(27)10-5-9-18-22-21(23-29-18)17-8-6-15-30-17/h6,8,15H,3-5,7,9-14,16H2,1-2H3. The molecule has 1 fully saturated rings. The third-order valence-corrected chi connectivity index (χ3v) is 6.27. The number of carbonyl (C=O) groups excluding carboxylic acids is 2. The highest BCUT2D eigenvalue weighted by Crippen LogP contribution is 2.21. The number of carbonyl (C=O) groups is 2. The predicted octanol–water partition coefficient (Wildman–Crippen LogP) is 2.52. The summed E-state index contributed by atoms with van der Waals surface area (Å²) in [5.41, 5.74) is 0. The minimum Gasteiger partial charge on any atom is -0.342 e. The zero-order valence-corrected chi connectivity index (χ0v) is 18.7. The largest absolute Gasteiger partial charge is 0.342 e. The Morgan fingerprint density at radius 1 is 1.20 bits per heavy atom. The molecule has 0 saturated carbocycles. The summed E-state index contributed by atoms with van der Waals surface area (Å²) in [6.45, 7) is 8.93. The number of thiophene rings is 1. The van der Waals surface area contributed by atoms with Crippen LogP contribution in [0.3, 0.4) is 0 Å². The minimum atomic E-state index is 0.157. The van der Waals surface area contributed by atoms with Crippen molar-refractivity contribution in [1.82, 2.24) is 24.8 Å². The van der Waals surface area contributed by atoms with Gasteiger partial charge in [-0.1, -0.05) is 11.2 Å². The molecule has 2 amide bonds. The molecule has 1 aliphatic rings. The summed E-state index contributed by atoms with van der Waals surface area (Å²) in [5, 5.41) is 5.99. The van der Waals surface area contributed by atoms with Crippen LogP contribution in [0.2, 0.25) is 0 Å². The van der Waals surface area contributed by atoms with Crippen LogP contribution in [0.4, 0.5) is 0 Å². The van der Waals surface area contributed by atoms with Crippen molar-refractivity contribution in [3.63, 3.8) is 0 Å². The van der Waals surface area contributed by atoms with Crippen molar-refractivity contribution < 1.29 is 14.1 Å². The van der Waals surface area contributed by atoms with E-state index in [0.29, 0.717) is 44.1 Å². The second-order valence-corrected chi connectivity index (χ2v) is 8.37. The molecule has 30 heavy (non-hydrogen) atoms. The fraction of sp³-hybridized carbons (Fsp3) is 0.619. The average Bonchev–Trinajstić information content (AvgIpc) is 3.38. The Morgan fingerprint density at radius 3 is 2.77 bits per heavy atom. The number of hydrogen-bond donors (Lipinski definition) is 0. The molecule has 0 unspecified atom stereocenters. The van der Waals surface area contributed by atoms with Crippen LogP contribution < -0.4 is 0 Å². The Morgan fingerprint density at radius 2 is 2.03 bits per heavy atom. The highest BCUT2D eigenvalue weighted by atomic mass is 32.1. The van der Waals surface area contributed by atoms with E-state index in [1.165, 1.54) is 0 Å². The number of likely N-dealkylation sites (N-methyl/N-ethyl adjacent to an activating group) is 1. The molecule has 0 aromatic carbocycles. The summed E-state index contributed by atoms with van der Waals surface area (Å²) in [6.07, 6.45) is 2.65. The number of aromatic nitrogens is 2. The molecule has 0 bridgehead atoms. The van der Waals surface area contributed by atoms with Gasteiger partial charge in [-0.05, 0) is 38.1 Å². The lowest BCUT2D eigenvalue weighted by Gasteiger charge is -2.25. The topological polar surface area (TPSA) is 82.8 Å². The SMILES string of the molecule is CCN(CC)C(=O)CN1CCCN(C(=O)CCCc2nc(-c3cccs3)no2)CC1. The lowest BCUT2D eigenvalue weighted by atomic mass is 10.2. The first-order valence-corrected chi connectivity index (χ1v) is 11.6. The molecule has 8 nitrogen and oxygen atoms in total. The molecule has 3 heterocycles. The van der Waals surface area contributed by atoms with Crippen LogP contribution in [0.5, 0.6) is 0 Å². The van der Waals surface area contributed by atoms with E-state index in [0.717, 1.165) is 44.0 Å².